The highest BCUT2D eigenvalue weighted by atomic mass is 35.5. The molecule has 0 amide bonds. The fourth-order valence-corrected chi connectivity index (χ4v) is 2.01. The molecule has 1 N–H and O–H groups in total. The lowest BCUT2D eigenvalue weighted by atomic mass is 10.2. The van der Waals surface area contributed by atoms with Gasteiger partial charge in [-0.3, -0.25) is 10.1 Å². The second-order valence-electron chi connectivity index (χ2n) is 4.25. The average molecular weight is 311 g/mol. The quantitative estimate of drug-likeness (QED) is 0.672. The first-order valence-electron chi connectivity index (χ1n) is 6.06. The van der Waals surface area contributed by atoms with Gasteiger partial charge >= 0.3 is 5.69 Å². The molecule has 0 aromatic heterocycles. The lowest BCUT2D eigenvalue weighted by molar-refractivity contribution is -0.385. The summed E-state index contributed by atoms with van der Waals surface area (Å²) in [5.74, 6) is -0.398. The molecule has 0 radical (unpaired) electrons. The van der Waals surface area contributed by atoms with Crippen LogP contribution in [0, 0.1) is 15.9 Å². The van der Waals surface area contributed by atoms with Crippen molar-refractivity contribution in [3.05, 3.63) is 62.9 Å². The summed E-state index contributed by atoms with van der Waals surface area (Å²) in [6, 6.07) is 8.07. The van der Waals surface area contributed by atoms with Crippen LogP contribution in [0.25, 0.3) is 0 Å². The molecule has 0 saturated heterocycles. The van der Waals surface area contributed by atoms with Gasteiger partial charge in [-0.2, -0.15) is 0 Å². The first-order chi connectivity index (χ1) is 10.0. The van der Waals surface area contributed by atoms with Crippen LogP contribution in [-0.4, -0.2) is 12.0 Å². The van der Waals surface area contributed by atoms with Crippen LogP contribution in [0.3, 0.4) is 0 Å². The minimum Gasteiger partial charge on any atom is -0.450 e. The van der Waals surface area contributed by atoms with E-state index < -0.39 is 16.4 Å². The van der Waals surface area contributed by atoms with E-state index in [0.717, 1.165) is 17.7 Å². The summed E-state index contributed by atoms with van der Waals surface area (Å²) in [5, 5.41) is 14.3. The van der Waals surface area contributed by atoms with Gasteiger partial charge in [0, 0.05) is 11.6 Å². The molecule has 0 aliphatic heterocycles. The summed E-state index contributed by atoms with van der Waals surface area (Å²) in [6.07, 6.45) is 0. The molecule has 0 aliphatic rings. The predicted molar refractivity (Wildman–Crippen MR) is 77.3 cm³/mol. The van der Waals surface area contributed by atoms with Gasteiger partial charge in [-0.15, -0.1) is 0 Å². The molecule has 0 unspecified atom stereocenters. The molecule has 7 heteroatoms. The number of benzene rings is 2. The molecule has 0 bridgehead atoms. The standard InChI is InChI=1S/C14H12ClFN2O3/c1-17-8-9-2-4-11(7-12(9)15)21-14-5-3-10(16)6-13(14)18(19)20/h2-7,17H,8H2,1H3. The van der Waals surface area contributed by atoms with E-state index >= 15 is 0 Å². The molecule has 5 nitrogen and oxygen atoms in total. The Hall–Kier alpha value is -2.18. The lowest BCUT2D eigenvalue weighted by Gasteiger charge is -2.09. The Balaban J connectivity index is 2.30. The third-order valence-electron chi connectivity index (χ3n) is 2.74. The number of rotatable bonds is 5. The molecule has 0 heterocycles. The average Bonchev–Trinajstić information content (AvgIpc) is 2.44. The van der Waals surface area contributed by atoms with E-state index in [0.29, 0.717) is 17.3 Å². The fraction of sp³-hybridized carbons (Fsp3) is 0.143. The second-order valence-corrected chi connectivity index (χ2v) is 4.66. The zero-order valence-electron chi connectivity index (χ0n) is 11.1. The number of nitro benzene ring substituents is 1. The Bertz CT molecular complexity index is 679. The smallest absolute Gasteiger partial charge is 0.314 e. The molecule has 0 fully saturated rings. The van der Waals surface area contributed by atoms with Crippen LogP contribution in [0.1, 0.15) is 5.56 Å². The second kappa shape index (κ2) is 6.51. The predicted octanol–water partition coefficient (Wildman–Crippen LogP) is 3.90. The van der Waals surface area contributed by atoms with Crippen molar-refractivity contribution in [3.63, 3.8) is 0 Å². The third-order valence-corrected chi connectivity index (χ3v) is 3.09. The number of nitro groups is 1. The van der Waals surface area contributed by atoms with Gasteiger partial charge in [-0.05, 0) is 36.9 Å². The van der Waals surface area contributed by atoms with Gasteiger partial charge in [-0.1, -0.05) is 17.7 Å². The summed E-state index contributed by atoms with van der Waals surface area (Å²) < 4.78 is 18.5. The van der Waals surface area contributed by atoms with Gasteiger partial charge < -0.3 is 10.1 Å². The zero-order valence-corrected chi connectivity index (χ0v) is 11.9. The minimum absolute atomic E-state index is 0.0427. The van der Waals surface area contributed by atoms with Crippen molar-refractivity contribution in [1.82, 2.24) is 5.32 Å². The maximum absolute atomic E-state index is 13.1. The Morgan fingerprint density at radius 1 is 1.33 bits per heavy atom. The molecule has 2 rings (SSSR count). The van der Waals surface area contributed by atoms with Gasteiger partial charge in [0.25, 0.3) is 0 Å². The van der Waals surface area contributed by atoms with Crippen molar-refractivity contribution in [2.24, 2.45) is 0 Å². The summed E-state index contributed by atoms with van der Waals surface area (Å²) in [4.78, 5) is 10.2. The molecule has 110 valence electrons. The molecule has 0 spiro atoms. The number of nitrogens with one attached hydrogen (secondary N) is 1. The van der Waals surface area contributed by atoms with E-state index in [1.54, 1.807) is 25.2 Å². The fourth-order valence-electron chi connectivity index (χ4n) is 1.77. The maximum Gasteiger partial charge on any atom is 0.314 e. The van der Waals surface area contributed by atoms with Crippen molar-refractivity contribution in [1.29, 1.82) is 0 Å². The molecule has 0 aliphatic carbocycles. The summed E-state index contributed by atoms with van der Waals surface area (Å²) in [7, 11) is 1.79. The Kier molecular flexibility index (Phi) is 4.72. The van der Waals surface area contributed by atoms with Gasteiger partial charge in [0.1, 0.15) is 11.6 Å². The first kappa shape index (κ1) is 15.2. The number of nitrogens with zero attached hydrogens (tertiary/aromatic N) is 1. The first-order valence-corrected chi connectivity index (χ1v) is 6.44. The van der Waals surface area contributed by atoms with Gasteiger partial charge in [0.05, 0.1) is 11.0 Å². The van der Waals surface area contributed by atoms with E-state index in [1.165, 1.54) is 6.07 Å². The van der Waals surface area contributed by atoms with Crippen LogP contribution in [-0.2, 0) is 6.54 Å². The lowest BCUT2D eigenvalue weighted by Crippen LogP contribution is -2.05. The van der Waals surface area contributed by atoms with Crippen molar-refractivity contribution < 1.29 is 14.1 Å². The molecular weight excluding hydrogens is 299 g/mol. The van der Waals surface area contributed by atoms with Gasteiger partial charge in [0.15, 0.2) is 0 Å². The number of hydrogen-bond donors (Lipinski definition) is 1. The van der Waals surface area contributed by atoms with Crippen LogP contribution < -0.4 is 10.1 Å². The molecule has 0 atom stereocenters. The van der Waals surface area contributed by atoms with Crippen LogP contribution in [0.15, 0.2) is 36.4 Å². The Morgan fingerprint density at radius 2 is 2.10 bits per heavy atom. The van der Waals surface area contributed by atoms with Crippen LogP contribution in [0.2, 0.25) is 5.02 Å². The minimum atomic E-state index is -0.699. The normalized spacial score (nSPS) is 10.4. The summed E-state index contributed by atoms with van der Waals surface area (Å²) in [5.41, 5.74) is 0.436. The molecule has 21 heavy (non-hydrogen) atoms. The highest BCUT2D eigenvalue weighted by Crippen LogP contribution is 2.33. The highest BCUT2D eigenvalue weighted by Gasteiger charge is 2.17. The summed E-state index contributed by atoms with van der Waals surface area (Å²) in [6.45, 7) is 0.593. The van der Waals surface area contributed by atoms with Crippen LogP contribution in [0.4, 0.5) is 10.1 Å². The monoisotopic (exact) mass is 310 g/mol. The topological polar surface area (TPSA) is 64.4 Å². The van der Waals surface area contributed by atoms with Crippen molar-refractivity contribution >= 4 is 17.3 Å². The number of ether oxygens (including phenoxy) is 1. The van der Waals surface area contributed by atoms with E-state index in [1.807, 2.05) is 0 Å². The molecule has 2 aromatic rings. The van der Waals surface area contributed by atoms with E-state index in [9.17, 15) is 14.5 Å². The van der Waals surface area contributed by atoms with E-state index in [4.69, 9.17) is 16.3 Å². The number of hydrogen-bond acceptors (Lipinski definition) is 4. The van der Waals surface area contributed by atoms with Crippen molar-refractivity contribution in [3.8, 4) is 11.5 Å². The van der Waals surface area contributed by atoms with Gasteiger partial charge in [-0.25, -0.2) is 4.39 Å². The molecule has 2 aromatic carbocycles. The van der Waals surface area contributed by atoms with Crippen LogP contribution in [0.5, 0.6) is 11.5 Å². The van der Waals surface area contributed by atoms with E-state index in [2.05, 4.69) is 5.32 Å². The number of halogens is 2. The molecule has 0 saturated carbocycles. The zero-order chi connectivity index (χ0) is 15.4. The van der Waals surface area contributed by atoms with Crippen molar-refractivity contribution in [2.45, 2.75) is 6.54 Å². The van der Waals surface area contributed by atoms with Crippen molar-refractivity contribution in [2.75, 3.05) is 7.05 Å². The van der Waals surface area contributed by atoms with Gasteiger partial charge in [0.2, 0.25) is 5.75 Å². The van der Waals surface area contributed by atoms with Crippen LogP contribution >= 0.6 is 11.6 Å². The molecular formula is C14H12ClFN2O3. The Morgan fingerprint density at radius 3 is 2.71 bits per heavy atom. The highest BCUT2D eigenvalue weighted by molar-refractivity contribution is 6.31. The Labute approximate surface area is 125 Å². The maximum atomic E-state index is 13.1. The largest absolute Gasteiger partial charge is 0.450 e. The SMILES string of the molecule is CNCc1ccc(Oc2ccc(F)cc2[N+](=O)[O-])cc1Cl. The third kappa shape index (κ3) is 3.68. The van der Waals surface area contributed by atoms with E-state index in [-0.39, 0.29) is 5.75 Å². The summed E-state index contributed by atoms with van der Waals surface area (Å²) >= 11 is 6.09.